The summed E-state index contributed by atoms with van der Waals surface area (Å²) in [6.45, 7) is 0. The minimum Gasteiger partial charge on any atom is -0.298 e. The summed E-state index contributed by atoms with van der Waals surface area (Å²) in [6, 6.07) is 9.29. The maximum atomic E-state index is 11.2. The van der Waals surface area contributed by atoms with Gasteiger partial charge in [0.05, 0.1) is 4.90 Å². The summed E-state index contributed by atoms with van der Waals surface area (Å²) in [7, 11) is -4.26. The molecule has 0 fully saturated rings. The number of hydrazone groups is 1. The van der Waals surface area contributed by atoms with Crippen molar-refractivity contribution < 1.29 is 17.8 Å². The number of pyridine rings is 1. The molecular weight excluding hydrogens is 306 g/mol. The monoisotopic (exact) mass is 319 g/mol. The van der Waals surface area contributed by atoms with E-state index in [9.17, 15) is 13.2 Å². The molecule has 0 spiro atoms. The van der Waals surface area contributed by atoms with Gasteiger partial charge in [0.25, 0.3) is 10.1 Å². The first-order valence-electron chi connectivity index (χ1n) is 6.25. The Balaban J connectivity index is 2.02. The number of nitrogens with zero attached hydrogens (tertiary/aromatic N) is 2. The van der Waals surface area contributed by atoms with Crippen LogP contribution in [-0.4, -0.2) is 30.5 Å². The van der Waals surface area contributed by atoms with E-state index in [1.807, 2.05) is 0 Å². The fraction of sp³-hybridized carbons (Fsp3) is 0.0714. The number of aldehydes is 1. The number of rotatable bonds is 6. The number of benzene rings is 1. The highest BCUT2D eigenvalue weighted by atomic mass is 32.2. The summed E-state index contributed by atoms with van der Waals surface area (Å²) in [6.07, 6.45) is 3.76. The summed E-state index contributed by atoms with van der Waals surface area (Å²) in [5.41, 5.74) is 3.54. The Kier molecular flexibility index (Phi) is 4.97. The van der Waals surface area contributed by atoms with E-state index in [-0.39, 0.29) is 11.3 Å². The topological polar surface area (TPSA) is 109 Å². The van der Waals surface area contributed by atoms with Crippen molar-refractivity contribution in [3.63, 3.8) is 0 Å². The van der Waals surface area contributed by atoms with Gasteiger partial charge in [-0.3, -0.25) is 14.8 Å². The molecule has 1 heterocycles. The van der Waals surface area contributed by atoms with Gasteiger partial charge in [0.2, 0.25) is 0 Å². The molecule has 1 aromatic heterocycles. The smallest absolute Gasteiger partial charge is 0.294 e. The van der Waals surface area contributed by atoms with E-state index in [1.165, 1.54) is 24.5 Å². The fourth-order valence-corrected chi connectivity index (χ4v) is 2.45. The second-order valence-electron chi connectivity index (χ2n) is 4.31. The number of aromatic nitrogens is 1. The molecule has 0 aliphatic rings. The summed E-state index contributed by atoms with van der Waals surface area (Å²) in [4.78, 5) is 14.3. The Bertz CT molecular complexity index is 786. The third-order valence-corrected chi connectivity index (χ3v) is 3.71. The quantitative estimate of drug-likeness (QED) is 0.363. The lowest BCUT2D eigenvalue weighted by Gasteiger charge is -2.03. The van der Waals surface area contributed by atoms with E-state index in [0.29, 0.717) is 23.2 Å². The van der Waals surface area contributed by atoms with E-state index in [2.05, 4.69) is 15.5 Å². The Morgan fingerprint density at radius 2 is 2.00 bits per heavy atom. The van der Waals surface area contributed by atoms with Crippen molar-refractivity contribution in [2.75, 3.05) is 5.43 Å². The first-order valence-corrected chi connectivity index (χ1v) is 7.69. The van der Waals surface area contributed by atoms with Crippen molar-refractivity contribution in [3.8, 4) is 0 Å². The highest BCUT2D eigenvalue weighted by Crippen LogP contribution is 2.14. The van der Waals surface area contributed by atoms with Crippen LogP contribution in [-0.2, 0) is 16.5 Å². The highest BCUT2D eigenvalue weighted by molar-refractivity contribution is 7.85. The first-order chi connectivity index (χ1) is 10.5. The predicted molar refractivity (Wildman–Crippen MR) is 81.7 cm³/mol. The average Bonchev–Trinajstić information content (AvgIpc) is 2.51. The molecule has 2 rings (SSSR count). The minimum absolute atomic E-state index is 0.144. The Morgan fingerprint density at radius 1 is 1.23 bits per heavy atom. The largest absolute Gasteiger partial charge is 0.298 e. The molecular formula is C14H13N3O4S. The van der Waals surface area contributed by atoms with Crippen LogP contribution in [0.15, 0.2) is 52.6 Å². The SMILES string of the molecule is O=Cc1ccc(NN=CCc2ccccc2S(=O)(=O)O)nc1. The molecule has 2 N–H and O–H groups in total. The number of hydrogen-bond acceptors (Lipinski definition) is 6. The van der Waals surface area contributed by atoms with Crippen molar-refractivity contribution in [1.29, 1.82) is 0 Å². The van der Waals surface area contributed by atoms with Gasteiger partial charge in [-0.1, -0.05) is 18.2 Å². The van der Waals surface area contributed by atoms with Crippen LogP contribution in [0.4, 0.5) is 5.82 Å². The Labute approximate surface area is 127 Å². The van der Waals surface area contributed by atoms with E-state index < -0.39 is 10.1 Å². The molecule has 0 atom stereocenters. The van der Waals surface area contributed by atoms with Gasteiger partial charge >= 0.3 is 0 Å². The normalized spacial score (nSPS) is 11.5. The van der Waals surface area contributed by atoms with Gasteiger partial charge in [0, 0.05) is 24.4 Å². The summed E-state index contributed by atoms with van der Waals surface area (Å²) in [5.74, 6) is 0.449. The average molecular weight is 319 g/mol. The summed E-state index contributed by atoms with van der Waals surface area (Å²) in [5, 5.41) is 3.91. The molecule has 0 radical (unpaired) electrons. The molecule has 2 aromatic rings. The van der Waals surface area contributed by atoms with E-state index >= 15 is 0 Å². The van der Waals surface area contributed by atoms with Crippen LogP contribution in [0, 0.1) is 0 Å². The number of carbonyl (C=O) groups excluding carboxylic acids is 1. The standard InChI is InChI=1S/C14H13N3O4S/c18-10-11-5-6-14(15-9-11)17-16-8-7-12-3-1-2-4-13(12)22(19,20)21/h1-6,8-10H,7H2,(H,15,17)(H,19,20,21). The maximum Gasteiger partial charge on any atom is 0.294 e. The second kappa shape index (κ2) is 6.92. The Morgan fingerprint density at radius 3 is 2.64 bits per heavy atom. The molecule has 0 aliphatic heterocycles. The molecule has 114 valence electrons. The maximum absolute atomic E-state index is 11.2. The van der Waals surface area contributed by atoms with Gasteiger partial charge in [-0.15, -0.1) is 0 Å². The molecule has 22 heavy (non-hydrogen) atoms. The molecule has 8 heteroatoms. The van der Waals surface area contributed by atoms with Gasteiger partial charge in [-0.2, -0.15) is 13.5 Å². The van der Waals surface area contributed by atoms with Crippen LogP contribution in [0.3, 0.4) is 0 Å². The number of carbonyl (C=O) groups is 1. The summed E-state index contributed by atoms with van der Waals surface area (Å²) < 4.78 is 31.6. The summed E-state index contributed by atoms with van der Waals surface area (Å²) >= 11 is 0. The van der Waals surface area contributed by atoms with Gasteiger partial charge in [-0.25, -0.2) is 4.98 Å². The van der Waals surface area contributed by atoms with E-state index in [0.717, 1.165) is 0 Å². The van der Waals surface area contributed by atoms with Crippen molar-refractivity contribution in [2.45, 2.75) is 11.3 Å². The molecule has 0 unspecified atom stereocenters. The van der Waals surface area contributed by atoms with Gasteiger partial charge in [0.1, 0.15) is 5.82 Å². The van der Waals surface area contributed by atoms with Crippen LogP contribution in [0.25, 0.3) is 0 Å². The van der Waals surface area contributed by atoms with E-state index in [4.69, 9.17) is 4.55 Å². The van der Waals surface area contributed by atoms with Crippen molar-refractivity contribution in [1.82, 2.24) is 4.98 Å². The zero-order chi connectivity index (χ0) is 16.0. The minimum atomic E-state index is -4.26. The van der Waals surface area contributed by atoms with Crippen LogP contribution in [0.1, 0.15) is 15.9 Å². The van der Waals surface area contributed by atoms with Crippen LogP contribution in [0.2, 0.25) is 0 Å². The lowest BCUT2D eigenvalue weighted by molar-refractivity contribution is 0.112. The molecule has 0 bridgehead atoms. The number of nitrogens with one attached hydrogen (secondary N) is 1. The van der Waals surface area contributed by atoms with Crippen LogP contribution < -0.4 is 5.43 Å². The zero-order valence-corrected chi connectivity index (χ0v) is 12.2. The second-order valence-corrected chi connectivity index (χ2v) is 5.69. The molecule has 0 saturated heterocycles. The Hall–Kier alpha value is -2.58. The van der Waals surface area contributed by atoms with Crippen molar-refractivity contribution in [2.24, 2.45) is 5.10 Å². The highest BCUT2D eigenvalue weighted by Gasteiger charge is 2.13. The van der Waals surface area contributed by atoms with Crippen molar-refractivity contribution >= 4 is 28.4 Å². The predicted octanol–water partition coefficient (Wildman–Crippen LogP) is 1.78. The number of anilines is 1. The first kappa shape index (κ1) is 15.8. The third kappa shape index (κ3) is 4.21. The van der Waals surface area contributed by atoms with Crippen molar-refractivity contribution in [3.05, 3.63) is 53.7 Å². The van der Waals surface area contributed by atoms with Gasteiger partial charge in [-0.05, 0) is 23.8 Å². The molecule has 0 amide bonds. The van der Waals surface area contributed by atoms with Gasteiger partial charge < -0.3 is 0 Å². The molecule has 0 aliphatic carbocycles. The molecule has 0 saturated carbocycles. The lowest BCUT2D eigenvalue weighted by Crippen LogP contribution is -2.04. The van der Waals surface area contributed by atoms with E-state index in [1.54, 1.807) is 24.3 Å². The lowest BCUT2D eigenvalue weighted by atomic mass is 10.2. The molecule has 7 nitrogen and oxygen atoms in total. The number of hydrogen-bond donors (Lipinski definition) is 2. The van der Waals surface area contributed by atoms with Crippen LogP contribution >= 0.6 is 0 Å². The van der Waals surface area contributed by atoms with Crippen LogP contribution in [0.5, 0.6) is 0 Å². The molecule has 1 aromatic carbocycles. The van der Waals surface area contributed by atoms with Gasteiger partial charge in [0.15, 0.2) is 6.29 Å². The fourth-order valence-electron chi connectivity index (χ4n) is 1.72. The zero-order valence-electron chi connectivity index (χ0n) is 11.4. The third-order valence-electron chi connectivity index (χ3n) is 2.75.